The van der Waals surface area contributed by atoms with Crippen LogP contribution in [0.1, 0.15) is 19.8 Å². The minimum Gasteiger partial charge on any atom is -0.464 e. The standard InChI is InChI=1S/C10H17NO3/c1-2-14-9(12)10(13)7-11-5-3-8(10)4-6-11/h8,13H,2-7H2,1H3/t10-/m1/s1. The van der Waals surface area contributed by atoms with Crippen LogP contribution >= 0.6 is 0 Å². The van der Waals surface area contributed by atoms with Gasteiger partial charge in [-0.25, -0.2) is 4.79 Å². The summed E-state index contributed by atoms with van der Waals surface area (Å²) in [6.07, 6.45) is 1.82. The number of esters is 1. The van der Waals surface area contributed by atoms with E-state index in [2.05, 4.69) is 4.90 Å². The van der Waals surface area contributed by atoms with Crippen LogP contribution in [0.3, 0.4) is 0 Å². The monoisotopic (exact) mass is 199 g/mol. The molecule has 2 bridgehead atoms. The second-order valence-corrected chi connectivity index (χ2v) is 4.20. The first kappa shape index (κ1) is 9.93. The van der Waals surface area contributed by atoms with E-state index in [4.69, 9.17) is 4.74 Å². The van der Waals surface area contributed by atoms with Gasteiger partial charge in [-0.3, -0.25) is 4.90 Å². The molecule has 3 fully saturated rings. The fourth-order valence-corrected chi connectivity index (χ4v) is 2.53. The summed E-state index contributed by atoms with van der Waals surface area (Å²) in [5, 5.41) is 10.2. The SMILES string of the molecule is CCOC(=O)[C@@]1(O)CN2CCC1CC2. The molecule has 0 radical (unpaired) electrons. The minimum atomic E-state index is -1.23. The number of fused-ring (bicyclic) bond motifs is 3. The second-order valence-electron chi connectivity index (χ2n) is 4.20. The predicted octanol–water partition coefficient (Wildman–Crippen LogP) is 0.00620. The number of ether oxygens (including phenoxy) is 1. The molecule has 4 nitrogen and oxygen atoms in total. The van der Waals surface area contributed by atoms with Gasteiger partial charge in [-0.2, -0.15) is 0 Å². The fourth-order valence-electron chi connectivity index (χ4n) is 2.53. The van der Waals surface area contributed by atoms with E-state index >= 15 is 0 Å². The summed E-state index contributed by atoms with van der Waals surface area (Å²) in [5.41, 5.74) is -1.23. The van der Waals surface area contributed by atoms with Crippen molar-refractivity contribution in [3.05, 3.63) is 0 Å². The number of hydrogen-bond acceptors (Lipinski definition) is 4. The molecule has 3 heterocycles. The molecule has 80 valence electrons. The minimum absolute atomic E-state index is 0.103. The van der Waals surface area contributed by atoms with Gasteiger partial charge in [0, 0.05) is 12.5 Å². The van der Waals surface area contributed by atoms with Crippen molar-refractivity contribution >= 4 is 5.97 Å². The van der Waals surface area contributed by atoms with Crippen LogP contribution in [-0.4, -0.2) is 47.8 Å². The van der Waals surface area contributed by atoms with E-state index < -0.39 is 11.6 Å². The average molecular weight is 199 g/mol. The number of rotatable bonds is 2. The lowest BCUT2D eigenvalue weighted by Crippen LogP contribution is -2.63. The zero-order valence-corrected chi connectivity index (χ0v) is 8.53. The lowest BCUT2D eigenvalue weighted by Gasteiger charge is -2.48. The molecule has 0 spiro atoms. The maximum absolute atomic E-state index is 11.6. The summed E-state index contributed by atoms with van der Waals surface area (Å²) in [6, 6.07) is 0. The van der Waals surface area contributed by atoms with Gasteiger partial charge in [0.25, 0.3) is 0 Å². The van der Waals surface area contributed by atoms with Gasteiger partial charge in [-0.15, -0.1) is 0 Å². The third kappa shape index (κ3) is 1.42. The zero-order valence-electron chi connectivity index (χ0n) is 8.53. The van der Waals surface area contributed by atoms with Gasteiger partial charge < -0.3 is 9.84 Å². The lowest BCUT2D eigenvalue weighted by molar-refractivity contribution is -0.186. The predicted molar refractivity (Wildman–Crippen MR) is 50.7 cm³/mol. The molecule has 0 aliphatic carbocycles. The van der Waals surface area contributed by atoms with Gasteiger partial charge >= 0.3 is 5.97 Å². The van der Waals surface area contributed by atoms with E-state index in [0.29, 0.717) is 13.2 Å². The maximum atomic E-state index is 11.6. The van der Waals surface area contributed by atoms with Gasteiger partial charge in [0.15, 0.2) is 5.60 Å². The molecule has 0 aromatic rings. The summed E-state index contributed by atoms with van der Waals surface area (Å²) in [4.78, 5) is 13.7. The normalized spacial score (nSPS) is 41.0. The Morgan fingerprint density at radius 2 is 2.21 bits per heavy atom. The Balaban J connectivity index is 2.11. The highest BCUT2D eigenvalue weighted by Crippen LogP contribution is 2.36. The molecule has 1 atom stereocenters. The lowest BCUT2D eigenvalue weighted by atomic mass is 9.75. The summed E-state index contributed by atoms with van der Waals surface area (Å²) in [5.74, 6) is -0.332. The summed E-state index contributed by atoms with van der Waals surface area (Å²) in [6.45, 7) is 4.58. The van der Waals surface area contributed by atoms with Crippen LogP contribution in [0.25, 0.3) is 0 Å². The molecule has 3 saturated heterocycles. The molecule has 3 aliphatic rings. The molecule has 14 heavy (non-hydrogen) atoms. The smallest absolute Gasteiger partial charge is 0.339 e. The van der Waals surface area contributed by atoms with Crippen LogP contribution in [0.4, 0.5) is 0 Å². The quantitative estimate of drug-likeness (QED) is 0.636. The van der Waals surface area contributed by atoms with Gasteiger partial charge in [-0.05, 0) is 32.9 Å². The number of piperidine rings is 3. The van der Waals surface area contributed by atoms with E-state index in [1.54, 1.807) is 6.92 Å². The Labute approximate surface area is 83.8 Å². The molecule has 0 aromatic carbocycles. The number of nitrogens with zero attached hydrogens (tertiary/aromatic N) is 1. The number of aliphatic hydroxyl groups is 1. The van der Waals surface area contributed by atoms with Gasteiger partial charge in [0.05, 0.1) is 6.61 Å². The van der Waals surface area contributed by atoms with E-state index in [1.165, 1.54) is 0 Å². The number of carbonyl (C=O) groups is 1. The summed E-state index contributed by atoms with van der Waals surface area (Å²) < 4.78 is 4.92. The highest BCUT2D eigenvalue weighted by Gasteiger charge is 2.51. The third-order valence-electron chi connectivity index (χ3n) is 3.36. The van der Waals surface area contributed by atoms with Crippen molar-refractivity contribution in [2.75, 3.05) is 26.2 Å². The van der Waals surface area contributed by atoms with Crippen molar-refractivity contribution < 1.29 is 14.6 Å². The second kappa shape index (κ2) is 3.51. The summed E-state index contributed by atoms with van der Waals surface area (Å²) in [7, 11) is 0. The first-order chi connectivity index (χ1) is 6.66. The number of carbonyl (C=O) groups excluding carboxylic acids is 1. The van der Waals surface area contributed by atoms with E-state index in [1.807, 2.05) is 0 Å². The van der Waals surface area contributed by atoms with E-state index in [0.717, 1.165) is 25.9 Å². The van der Waals surface area contributed by atoms with Crippen LogP contribution in [0.15, 0.2) is 0 Å². The number of hydrogen-bond donors (Lipinski definition) is 1. The van der Waals surface area contributed by atoms with Crippen LogP contribution < -0.4 is 0 Å². The topological polar surface area (TPSA) is 49.8 Å². The summed E-state index contributed by atoms with van der Waals surface area (Å²) >= 11 is 0. The third-order valence-corrected chi connectivity index (χ3v) is 3.36. The van der Waals surface area contributed by atoms with Crippen molar-refractivity contribution in [2.24, 2.45) is 5.92 Å². The van der Waals surface area contributed by atoms with Crippen LogP contribution in [0, 0.1) is 5.92 Å². The van der Waals surface area contributed by atoms with Gasteiger partial charge in [-0.1, -0.05) is 0 Å². The first-order valence-corrected chi connectivity index (χ1v) is 5.29. The molecule has 3 rings (SSSR count). The molecule has 0 saturated carbocycles. The molecule has 0 unspecified atom stereocenters. The Morgan fingerprint density at radius 1 is 1.57 bits per heavy atom. The molecular formula is C10H17NO3. The van der Waals surface area contributed by atoms with Crippen molar-refractivity contribution in [1.29, 1.82) is 0 Å². The molecule has 0 amide bonds. The largest absolute Gasteiger partial charge is 0.464 e. The van der Waals surface area contributed by atoms with Crippen molar-refractivity contribution in [1.82, 2.24) is 4.90 Å². The Morgan fingerprint density at radius 3 is 2.64 bits per heavy atom. The van der Waals surface area contributed by atoms with Crippen LogP contribution in [0.5, 0.6) is 0 Å². The zero-order chi connectivity index (χ0) is 10.2. The van der Waals surface area contributed by atoms with Crippen LogP contribution in [0.2, 0.25) is 0 Å². The van der Waals surface area contributed by atoms with Crippen molar-refractivity contribution in [2.45, 2.75) is 25.4 Å². The van der Waals surface area contributed by atoms with Crippen LogP contribution in [-0.2, 0) is 9.53 Å². The fraction of sp³-hybridized carbons (Fsp3) is 0.900. The molecule has 0 aromatic heterocycles. The Bertz CT molecular complexity index is 236. The molecule has 3 aliphatic heterocycles. The highest BCUT2D eigenvalue weighted by atomic mass is 16.5. The molecule has 4 heteroatoms. The highest BCUT2D eigenvalue weighted by molar-refractivity contribution is 5.80. The Hall–Kier alpha value is -0.610. The van der Waals surface area contributed by atoms with E-state index in [9.17, 15) is 9.90 Å². The maximum Gasteiger partial charge on any atom is 0.339 e. The molecular weight excluding hydrogens is 182 g/mol. The molecule has 1 N–H and O–H groups in total. The van der Waals surface area contributed by atoms with Crippen molar-refractivity contribution in [3.8, 4) is 0 Å². The van der Waals surface area contributed by atoms with Crippen molar-refractivity contribution in [3.63, 3.8) is 0 Å². The first-order valence-electron chi connectivity index (χ1n) is 5.29. The van der Waals surface area contributed by atoms with Gasteiger partial charge in [0.2, 0.25) is 0 Å². The van der Waals surface area contributed by atoms with Gasteiger partial charge in [0.1, 0.15) is 0 Å². The average Bonchev–Trinajstić information content (AvgIpc) is 2.19. The Kier molecular flexibility index (Phi) is 2.49. The van der Waals surface area contributed by atoms with E-state index in [-0.39, 0.29) is 5.92 Å².